The highest BCUT2D eigenvalue weighted by molar-refractivity contribution is 5.65. The predicted octanol–water partition coefficient (Wildman–Crippen LogP) is 8.86. The van der Waals surface area contributed by atoms with E-state index in [-0.39, 0.29) is 12.3 Å². The fourth-order valence-electron chi connectivity index (χ4n) is 6.16. The van der Waals surface area contributed by atoms with Gasteiger partial charge < -0.3 is 19.3 Å². The van der Waals surface area contributed by atoms with Crippen LogP contribution in [0.4, 0.5) is 5.69 Å². The maximum Gasteiger partial charge on any atom is 0.169 e. The molecule has 4 aromatic rings. The summed E-state index contributed by atoms with van der Waals surface area (Å²) in [7, 11) is 0. The maximum atomic E-state index is 6.31. The molecule has 0 aromatic heterocycles. The van der Waals surface area contributed by atoms with Crippen LogP contribution in [0.1, 0.15) is 67.3 Å². The fraction of sp³-hybridized carbons (Fsp3) is 0.297. The number of hydrogen-bond donors (Lipinski definition) is 0. The Kier molecular flexibility index (Phi) is 8.27. The summed E-state index contributed by atoms with van der Waals surface area (Å²) in [6.07, 6.45) is 8.08. The Bertz CT molecular complexity index is 1440. The van der Waals surface area contributed by atoms with Crippen LogP contribution in [0.15, 0.2) is 115 Å². The van der Waals surface area contributed by atoms with Crippen LogP contribution in [0.5, 0.6) is 11.5 Å². The minimum Gasteiger partial charge on any atom is -0.489 e. The number of rotatable bonds is 9. The van der Waals surface area contributed by atoms with Crippen molar-refractivity contribution in [3.63, 3.8) is 0 Å². The van der Waals surface area contributed by atoms with Crippen molar-refractivity contribution in [3.05, 3.63) is 138 Å². The van der Waals surface area contributed by atoms with E-state index in [1.165, 1.54) is 40.8 Å². The van der Waals surface area contributed by atoms with Crippen molar-refractivity contribution >= 4 is 5.69 Å². The van der Waals surface area contributed by atoms with E-state index in [9.17, 15) is 0 Å². The lowest BCUT2D eigenvalue weighted by atomic mass is 9.92. The van der Waals surface area contributed by atoms with Gasteiger partial charge in [0.1, 0.15) is 18.1 Å². The van der Waals surface area contributed by atoms with E-state index in [1.807, 2.05) is 6.07 Å². The summed E-state index contributed by atoms with van der Waals surface area (Å²) in [6.45, 7) is 6.91. The molecule has 6 rings (SSSR count). The monoisotopic (exact) mass is 544 g/mol. The first-order chi connectivity index (χ1) is 20.2. The molecule has 3 unspecified atom stereocenters. The van der Waals surface area contributed by atoms with E-state index in [0.29, 0.717) is 12.5 Å². The zero-order chi connectivity index (χ0) is 28.0. The van der Waals surface area contributed by atoms with Gasteiger partial charge in [-0.1, -0.05) is 85.8 Å². The lowest BCUT2D eigenvalue weighted by molar-refractivity contribution is 0.0778. The molecule has 0 radical (unpaired) electrons. The van der Waals surface area contributed by atoms with Gasteiger partial charge in [0.15, 0.2) is 6.23 Å². The molecule has 41 heavy (non-hydrogen) atoms. The van der Waals surface area contributed by atoms with Crippen molar-refractivity contribution in [1.29, 1.82) is 0 Å². The molecule has 0 saturated carbocycles. The van der Waals surface area contributed by atoms with Crippen LogP contribution in [0, 0.1) is 0 Å². The van der Waals surface area contributed by atoms with Crippen molar-refractivity contribution in [2.24, 2.45) is 0 Å². The quantitative estimate of drug-likeness (QED) is 0.210. The van der Waals surface area contributed by atoms with Crippen molar-refractivity contribution in [1.82, 2.24) is 4.90 Å². The van der Waals surface area contributed by atoms with Gasteiger partial charge in [0.25, 0.3) is 0 Å². The van der Waals surface area contributed by atoms with E-state index in [0.717, 1.165) is 31.0 Å². The predicted molar refractivity (Wildman–Crippen MR) is 167 cm³/mol. The highest BCUT2D eigenvalue weighted by Gasteiger charge is 2.37. The number of nitrogens with zero attached hydrogens (tertiary/aromatic N) is 2. The molecular formula is C37H40N2O2. The molecule has 2 aliphatic rings. The number of allylic oxidation sites excluding steroid dienone is 1. The molecule has 4 nitrogen and oxygen atoms in total. The molecule has 0 amide bonds. The first-order valence-electron chi connectivity index (χ1n) is 15.0. The SMILES string of the molecule is CC1c2cc(OCc3ccccc3)ccc2N(Cc2ccc(OC(C)N3C=CCCCC3)cc2)C1c1ccccc1. The van der Waals surface area contributed by atoms with Crippen molar-refractivity contribution < 1.29 is 9.47 Å². The third-order valence-electron chi connectivity index (χ3n) is 8.38. The van der Waals surface area contributed by atoms with Crippen LogP contribution >= 0.6 is 0 Å². The van der Waals surface area contributed by atoms with Crippen LogP contribution in [0.2, 0.25) is 0 Å². The Balaban J connectivity index is 1.20. The second-order valence-electron chi connectivity index (χ2n) is 11.2. The van der Waals surface area contributed by atoms with Crippen LogP contribution in [-0.2, 0) is 13.2 Å². The number of benzene rings is 4. The van der Waals surface area contributed by atoms with Crippen LogP contribution < -0.4 is 14.4 Å². The average molecular weight is 545 g/mol. The summed E-state index contributed by atoms with van der Waals surface area (Å²) in [6, 6.07) is 36.7. The molecule has 4 heteroatoms. The van der Waals surface area contributed by atoms with E-state index in [2.05, 4.69) is 133 Å². The standard InChI is InChI=1S/C37H40N2O2/c1-28-35-25-34(40-27-31-13-7-5-8-14-31)21-22-36(35)39(37(28)32-15-9-6-10-16-32)26-30-17-19-33(20-18-30)41-29(2)38-23-11-3-4-12-24-38/h5-11,13-23,25,28-29,37H,3-4,12,24,26-27H2,1-2H3. The summed E-state index contributed by atoms with van der Waals surface area (Å²) >= 11 is 0. The third-order valence-corrected chi connectivity index (χ3v) is 8.38. The Morgan fingerprint density at radius 2 is 1.54 bits per heavy atom. The number of ether oxygens (including phenoxy) is 2. The Hall–Kier alpha value is -4.18. The lowest BCUT2D eigenvalue weighted by Crippen LogP contribution is -2.33. The van der Waals surface area contributed by atoms with Crippen molar-refractivity contribution in [2.75, 3.05) is 11.4 Å². The van der Waals surface area contributed by atoms with Gasteiger partial charge in [-0.25, -0.2) is 0 Å². The van der Waals surface area contributed by atoms with E-state index >= 15 is 0 Å². The first-order valence-corrected chi connectivity index (χ1v) is 15.0. The van der Waals surface area contributed by atoms with E-state index < -0.39 is 0 Å². The molecule has 0 bridgehead atoms. The van der Waals surface area contributed by atoms with Gasteiger partial charge in [0, 0.05) is 24.7 Å². The molecule has 2 heterocycles. The fourth-order valence-corrected chi connectivity index (χ4v) is 6.16. The highest BCUT2D eigenvalue weighted by Crippen LogP contribution is 2.50. The van der Waals surface area contributed by atoms with Gasteiger partial charge in [-0.05, 0) is 85.0 Å². The number of fused-ring (bicyclic) bond motifs is 1. The molecule has 0 N–H and O–H groups in total. The maximum absolute atomic E-state index is 6.31. The zero-order valence-corrected chi connectivity index (χ0v) is 24.2. The molecule has 0 spiro atoms. The van der Waals surface area contributed by atoms with Crippen LogP contribution in [0.25, 0.3) is 0 Å². The molecular weight excluding hydrogens is 504 g/mol. The van der Waals surface area contributed by atoms with Gasteiger partial charge in [-0.2, -0.15) is 0 Å². The van der Waals surface area contributed by atoms with Crippen LogP contribution in [0.3, 0.4) is 0 Å². The Morgan fingerprint density at radius 1 is 0.805 bits per heavy atom. The van der Waals surface area contributed by atoms with E-state index in [4.69, 9.17) is 9.47 Å². The topological polar surface area (TPSA) is 24.9 Å². The van der Waals surface area contributed by atoms with Crippen molar-refractivity contribution in [2.45, 2.75) is 64.4 Å². The summed E-state index contributed by atoms with van der Waals surface area (Å²) in [4.78, 5) is 4.85. The van der Waals surface area contributed by atoms with Gasteiger partial charge in [-0.15, -0.1) is 0 Å². The first kappa shape index (κ1) is 27.0. The number of hydrogen-bond acceptors (Lipinski definition) is 4. The summed E-state index contributed by atoms with van der Waals surface area (Å²) < 4.78 is 12.5. The van der Waals surface area contributed by atoms with Gasteiger partial charge in [0.2, 0.25) is 0 Å². The second kappa shape index (κ2) is 12.6. The zero-order valence-electron chi connectivity index (χ0n) is 24.2. The molecule has 0 saturated heterocycles. The van der Waals surface area contributed by atoms with Gasteiger partial charge in [-0.3, -0.25) is 0 Å². The summed E-state index contributed by atoms with van der Waals surface area (Å²) in [5.41, 5.74) is 6.39. The normalized spacial score (nSPS) is 19.0. The molecule has 0 fully saturated rings. The van der Waals surface area contributed by atoms with Gasteiger partial charge in [0.05, 0.1) is 6.04 Å². The highest BCUT2D eigenvalue weighted by atomic mass is 16.5. The molecule has 210 valence electrons. The average Bonchev–Trinajstić information content (AvgIpc) is 3.17. The molecule has 3 atom stereocenters. The number of anilines is 1. The van der Waals surface area contributed by atoms with Crippen LogP contribution in [-0.4, -0.2) is 17.7 Å². The Labute approximate surface area is 244 Å². The van der Waals surface area contributed by atoms with Crippen molar-refractivity contribution in [3.8, 4) is 11.5 Å². The minimum absolute atomic E-state index is 0.0160. The Morgan fingerprint density at radius 3 is 2.32 bits per heavy atom. The molecule has 4 aromatic carbocycles. The minimum atomic E-state index is 0.0160. The largest absolute Gasteiger partial charge is 0.489 e. The lowest BCUT2D eigenvalue weighted by Gasteiger charge is -2.30. The molecule has 2 aliphatic heterocycles. The summed E-state index contributed by atoms with van der Waals surface area (Å²) in [5, 5.41) is 0. The summed E-state index contributed by atoms with van der Waals surface area (Å²) in [5.74, 6) is 2.16. The second-order valence-corrected chi connectivity index (χ2v) is 11.2. The van der Waals surface area contributed by atoms with E-state index in [1.54, 1.807) is 0 Å². The van der Waals surface area contributed by atoms with Gasteiger partial charge >= 0.3 is 0 Å². The smallest absolute Gasteiger partial charge is 0.169 e. The molecule has 0 aliphatic carbocycles. The third kappa shape index (κ3) is 6.27.